The molecule has 8 heteroatoms. The molecule has 0 unspecified atom stereocenters. The summed E-state index contributed by atoms with van der Waals surface area (Å²) in [5.74, 6) is -1.14. The molecule has 0 saturated heterocycles. The van der Waals surface area contributed by atoms with Gasteiger partial charge in [0.25, 0.3) is 0 Å². The molecule has 1 heterocycles. The fourth-order valence-corrected chi connectivity index (χ4v) is 3.75. The van der Waals surface area contributed by atoms with E-state index in [1.54, 1.807) is 0 Å². The van der Waals surface area contributed by atoms with Gasteiger partial charge in [0.15, 0.2) is 6.10 Å². The number of hydrogen-bond acceptors (Lipinski definition) is 6. The molecule has 1 aromatic rings. The molecule has 0 aromatic heterocycles. The number of esters is 2. The molecule has 148 valence electrons. The normalized spacial score (nSPS) is 22.4. The Labute approximate surface area is 167 Å². The molecule has 2 rings (SSSR count). The van der Waals surface area contributed by atoms with Gasteiger partial charge in [0.1, 0.15) is 18.7 Å². The lowest BCUT2D eigenvalue weighted by Gasteiger charge is -2.40. The van der Waals surface area contributed by atoms with Crippen LogP contribution in [0.25, 0.3) is 0 Å². The number of rotatable bonds is 4. The van der Waals surface area contributed by atoms with E-state index in [0.717, 1.165) is 15.7 Å². The van der Waals surface area contributed by atoms with Crippen molar-refractivity contribution in [3.63, 3.8) is 0 Å². The highest BCUT2D eigenvalue weighted by Crippen LogP contribution is 2.36. The molecule has 0 fully saturated rings. The minimum Gasteiger partial charge on any atom is -0.464 e. The first kappa shape index (κ1) is 21.2. The Morgan fingerprint density at radius 2 is 1.93 bits per heavy atom. The first-order valence-corrected chi connectivity index (χ1v) is 9.54. The van der Waals surface area contributed by atoms with Crippen molar-refractivity contribution in [1.82, 2.24) is 5.32 Å². The van der Waals surface area contributed by atoms with Crippen LogP contribution in [0, 0.1) is 5.92 Å². The Morgan fingerprint density at radius 3 is 2.48 bits per heavy atom. The topological polar surface area (TPSA) is 84.9 Å². The third kappa shape index (κ3) is 5.00. The third-order valence-corrected chi connectivity index (χ3v) is 4.94. The van der Waals surface area contributed by atoms with Crippen molar-refractivity contribution in [2.24, 2.45) is 5.92 Å². The van der Waals surface area contributed by atoms with E-state index >= 15 is 0 Å². The van der Waals surface area contributed by atoms with Crippen LogP contribution < -0.4 is 10.2 Å². The summed E-state index contributed by atoms with van der Waals surface area (Å²) in [7, 11) is 1.84. The average Bonchev–Trinajstić information content (AvgIpc) is 2.55. The van der Waals surface area contributed by atoms with E-state index in [1.807, 2.05) is 44.0 Å². The largest absolute Gasteiger partial charge is 0.464 e. The maximum absolute atomic E-state index is 12.9. The van der Waals surface area contributed by atoms with E-state index in [4.69, 9.17) is 9.47 Å². The van der Waals surface area contributed by atoms with Gasteiger partial charge in [-0.25, -0.2) is 0 Å². The van der Waals surface area contributed by atoms with Crippen LogP contribution in [0.15, 0.2) is 22.7 Å². The van der Waals surface area contributed by atoms with Crippen molar-refractivity contribution in [2.75, 3.05) is 18.6 Å². The number of carbonyl (C=O) groups excluding carboxylic acids is 3. The zero-order valence-corrected chi connectivity index (χ0v) is 17.7. The Balaban J connectivity index is 2.61. The Morgan fingerprint density at radius 1 is 1.26 bits per heavy atom. The van der Waals surface area contributed by atoms with Crippen molar-refractivity contribution in [2.45, 2.75) is 45.9 Å². The number of anilines is 1. The Kier molecular flexibility index (Phi) is 6.86. The van der Waals surface area contributed by atoms with Crippen molar-refractivity contribution in [1.29, 1.82) is 0 Å². The first-order chi connectivity index (χ1) is 12.6. The molecule has 1 aliphatic heterocycles. The minimum atomic E-state index is -0.797. The molecule has 0 radical (unpaired) electrons. The van der Waals surface area contributed by atoms with Crippen LogP contribution in [0.1, 0.15) is 39.4 Å². The molecular formula is C19H25BrN2O5. The number of ether oxygens (including phenoxy) is 2. The smallest absolute Gasteiger partial charge is 0.303 e. The van der Waals surface area contributed by atoms with Gasteiger partial charge in [0.05, 0.1) is 0 Å². The summed E-state index contributed by atoms with van der Waals surface area (Å²) in [4.78, 5) is 37.9. The molecule has 0 bridgehead atoms. The SMILES string of the molecule is CC(=O)OC[C@H]1NC(=O)[C@H](C(C)C)N(C)c2ccc(Br)cc2[C@H]1OC(C)=O. The molecule has 1 amide bonds. The molecule has 0 spiro atoms. The van der Waals surface area contributed by atoms with Gasteiger partial charge in [-0.15, -0.1) is 0 Å². The lowest BCUT2D eigenvalue weighted by atomic mass is 9.93. The summed E-state index contributed by atoms with van der Waals surface area (Å²) < 4.78 is 11.5. The van der Waals surface area contributed by atoms with Crippen LogP contribution in [0.4, 0.5) is 5.69 Å². The number of hydrogen-bond donors (Lipinski definition) is 1. The second-order valence-electron chi connectivity index (χ2n) is 6.95. The van der Waals surface area contributed by atoms with Gasteiger partial charge in [-0.05, 0) is 24.1 Å². The number of nitrogens with one attached hydrogen (secondary N) is 1. The summed E-state index contributed by atoms with van der Waals surface area (Å²) in [5.41, 5.74) is 1.51. The van der Waals surface area contributed by atoms with E-state index in [-0.39, 0.29) is 18.4 Å². The quantitative estimate of drug-likeness (QED) is 0.724. The number of amides is 1. The number of halogens is 1. The Hall–Kier alpha value is -2.09. The lowest BCUT2D eigenvalue weighted by Crippen LogP contribution is -2.56. The van der Waals surface area contributed by atoms with Gasteiger partial charge in [-0.3, -0.25) is 14.4 Å². The molecular weight excluding hydrogens is 416 g/mol. The molecule has 7 nitrogen and oxygen atoms in total. The number of benzene rings is 1. The molecule has 1 aromatic carbocycles. The number of nitrogens with zero attached hydrogens (tertiary/aromatic N) is 1. The lowest BCUT2D eigenvalue weighted by molar-refractivity contribution is -0.153. The maximum Gasteiger partial charge on any atom is 0.303 e. The van der Waals surface area contributed by atoms with E-state index in [2.05, 4.69) is 21.2 Å². The fourth-order valence-electron chi connectivity index (χ4n) is 3.37. The highest BCUT2D eigenvalue weighted by atomic mass is 79.9. The van der Waals surface area contributed by atoms with Gasteiger partial charge < -0.3 is 19.7 Å². The molecule has 0 aliphatic carbocycles. The predicted molar refractivity (Wildman–Crippen MR) is 104 cm³/mol. The predicted octanol–water partition coefficient (Wildman–Crippen LogP) is 2.58. The number of likely N-dealkylation sites (N-methyl/N-ethyl adjacent to an activating group) is 1. The summed E-state index contributed by atoms with van der Waals surface area (Å²) in [6, 6.07) is 4.48. The highest BCUT2D eigenvalue weighted by molar-refractivity contribution is 9.10. The van der Waals surface area contributed by atoms with Crippen LogP contribution in [-0.2, 0) is 23.9 Å². The van der Waals surface area contributed by atoms with Crippen molar-refractivity contribution in [3.05, 3.63) is 28.2 Å². The second-order valence-corrected chi connectivity index (χ2v) is 7.87. The first-order valence-electron chi connectivity index (χ1n) is 8.75. The molecule has 3 atom stereocenters. The van der Waals surface area contributed by atoms with Crippen LogP contribution in [-0.4, -0.2) is 43.6 Å². The minimum absolute atomic E-state index is 0.0335. The van der Waals surface area contributed by atoms with Crippen LogP contribution in [0.2, 0.25) is 0 Å². The van der Waals surface area contributed by atoms with Crippen LogP contribution >= 0.6 is 15.9 Å². The fraction of sp³-hybridized carbons (Fsp3) is 0.526. The molecule has 0 saturated carbocycles. The molecule has 1 aliphatic rings. The zero-order chi connectivity index (χ0) is 20.3. The molecule has 27 heavy (non-hydrogen) atoms. The van der Waals surface area contributed by atoms with Gasteiger partial charge in [0.2, 0.25) is 5.91 Å². The van der Waals surface area contributed by atoms with Crippen molar-refractivity contribution >= 4 is 39.5 Å². The number of fused-ring (bicyclic) bond motifs is 1. The monoisotopic (exact) mass is 440 g/mol. The van der Waals surface area contributed by atoms with Crippen molar-refractivity contribution in [3.8, 4) is 0 Å². The van der Waals surface area contributed by atoms with Crippen LogP contribution in [0.3, 0.4) is 0 Å². The van der Waals surface area contributed by atoms with E-state index < -0.39 is 30.1 Å². The van der Waals surface area contributed by atoms with E-state index in [1.165, 1.54) is 13.8 Å². The summed E-state index contributed by atoms with van der Waals surface area (Å²) in [5, 5.41) is 2.90. The van der Waals surface area contributed by atoms with Crippen molar-refractivity contribution < 1.29 is 23.9 Å². The van der Waals surface area contributed by atoms with Gasteiger partial charge in [-0.2, -0.15) is 0 Å². The number of carbonyl (C=O) groups is 3. The highest BCUT2D eigenvalue weighted by Gasteiger charge is 2.39. The van der Waals surface area contributed by atoms with E-state index in [9.17, 15) is 14.4 Å². The second kappa shape index (κ2) is 8.73. The summed E-state index contributed by atoms with van der Waals surface area (Å²) in [6.45, 7) is 6.43. The zero-order valence-electron chi connectivity index (χ0n) is 16.1. The standard InChI is InChI=1S/C19H25BrN2O5/c1-10(2)17-19(25)21-15(9-26-11(3)23)18(27-12(4)24)14-8-13(20)6-7-16(14)22(17)5/h6-8,10,15,17-18H,9H2,1-5H3,(H,21,25)/t15-,17+,18-/m1/s1. The van der Waals surface area contributed by atoms with Gasteiger partial charge >= 0.3 is 11.9 Å². The maximum atomic E-state index is 12.9. The molecule has 1 N–H and O–H groups in total. The van der Waals surface area contributed by atoms with E-state index in [0.29, 0.717) is 0 Å². The van der Waals surface area contributed by atoms with Gasteiger partial charge in [0, 0.05) is 36.6 Å². The summed E-state index contributed by atoms with van der Waals surface area (Å²) >= 11 is 3.46. The summed E-state index contributed by atoms with van der Waals surface area (Å²) in [6.07, 6.45) is -0.797. The van der Waals surface area contributed by atoms with Crippen LogP contribution in [0.5, 0.6) is 0 Å². The van der Waals surface area contributed by atoms with Gasteiger partial charge in [-0.1, -0.05) is 29.8 Å². The third-order valence-electron chi connectivity index (χ3n) is 4.45. The Bertz CT molecular complexity index is 737. The average molecular weight is 441 g/mol.